The van der Waals surface area contributed by atoms with Crippen molar-refractivity contribution >= 4 is 33.1 Å². The number of para-hydroxylation sites is 1. The van der Waals surface area contributed by atoms with E-state index >= 15 is 0 Å². The molecular weight excluding hydrogens is 727 g/mol. The minimum absolute atomic E-state index is 0.463. The zero-order chi connectivity index (χ0) is 35.1. The van der Waals surface area contributed by atoms with E-state index < -0.39 is 7.26 Å². The second-order valence-electron chi connectivity index (χ2n) is 15.8. The van der Waals surface area contributed by atoms with Gasteiger partial charge in [0.15, 0.2) is 0 Å². The maximum absolute atomic E-state index is 6.80. The van der Waals surface area contributed by atoms with Gasteiger partial charge in [0.1, 0.15) is 0 Å². The normalized spacial score (nSPS) is 16.6. The van der Waals surface area contributed by atoms with E-state index in [1.807, 2.05) is 0 Å². The summed E-state index contributed by atoms with van der Waals surface area (Å²) in [6, 6.07) is 33.4. The number of nitrogens with two attached hydrogens (primary N) is 1. The van der Waals surface area contributed by atoms with Crippen molar-refractivity contribution in [3.63, 3.8) is 0 Å². The molecule has 2 fully saturated rings. The molecule has 2 aliphatic rings. The summed E-state index contributed by atoms with van der Waals surface area (Å²) in [6.07, 6.45) is 13.7. The van der Waals surface area contributed by atoms with Crippen LogP contribution in [0.25, 0.3) is 22.3 Å². The van der Waals surface area contributed by atoms with E-state index in [2.05, 4.69) is 154 Å². The molecule has 0 radical (unpaired) electrons. The number of hydrogen-bond acceptors (Lipinski definition) is 1. The molecule has 4 aromatic rings. The first kappa shape index (κ1) is 38.3. The fourth-order valence-corrected chi connectivity index (χ4v) is 16.8. The van der Waals surface area contributed by atoms with Gasteiger partial charge in [-0.3, -0.25) is 0 Å². The number of anilines is 1. The molecule has 0 aromatic heterocycles. The van der Waals surface area contributed by atoms with Gasteiger partial charge in [0.25, 0.3) is 0 Å². The van der Waals surface area contributed by atoms with Crippen LogP contribution in [0.3, 0.4) is 0 Å². The van der Waals surface area contributed by atoms with Crippen molar-refractivity contribution in [2.75, 3.05) is 5.73 Å². The monoisotopic (exact) mass is 786 g/mol. The summed E-state index contributed by atoms with van der Waals surface area (Å²) < 4.78 is 0. The number of nitrogen functional groups attached to an aromatic ring is 1. The summed E-state index contributed by atoms with van der Waals surface area (Å²) in [6.45, 7) is 14.2. The maximum atomic E-state index is 6.80. The quantitative estimate of drug-likeness (QED) is 0.102. The second kappa shape index (κ2) is 17.5. The van der Waals surface area contributed by atoms with Gasteiger partial charge in [0.05, 0.1) is 0 Å². The molecule has 4 heteroatoms. The molecule has 0 spiro atoms. The van der Waals surface area contributed by atoms with E-state index in [0.717, 1.165) is 17.0 Å². The molecule has 1 nitrogen and oxygen atoms in total. The van der Waals surface area contributed by atoms with Crippen LogP contribution in [-0.2, 0) is 18.2 Å². The van der Waals surface area contributed by atoms with Gasteiger partial charge in [0.2, 0.25) is 0 Å². The van der Waals surface area contributed by atoms with E-state index in [9.17, 15) is 0 Å². The molecule has 0 bridgehead atoms. The Bertz CT molecular complexity index is 1620. The molecule has 0 heterocycles. The Morgan fingerprint density at radius 1 is 0.592 bits per heavy atom. The first-order valence-electron chi connectivity index (χ1n) is 19.1. The van der Waals surface area contributed by atoms with Crippen LogP contribution in [0.1, 0.15) is 140 Å². The van der Waals surface area contributed by atoms with Crippen LogP contribution < -0.4 is 16.3 Å². The summed E-state index contributed by atoms with van der Waals surface area (Å²) in [5.41, 5.74) is 19.2. The van der Waals surface area contributed by atoms with E-state index in [1.54, 1.807) is 10.6 Å². The third-order valence-electron chi connectivity index (χ3n) is 11.9. The van der Waals surface area contributed by atoms with Crippen molar-refractivity contribution in [1.82, 2.24) is 0 Å². The number of benzene rings is 4. The molecule has 0 atom stereocenters. The summed E-state index contributed by atoms with van der Waals surface area (Å²) in [5.74, 6) is 1.45. The van der Waals surface area contributed by atoms with E-state index in [0.29, 0.717) is 17.8 Å². The van der Waals surface area contributed by atoms with Gasteiger partial charge in [-0.15, -0.1) is 0 Å². The van der Waals surface area contributed by atoms with E-state index in [4.69, 9.17) is 5.73 Å². The van der Waals surface area contributed by atoms with Crippen molar-refractivity contribution in [2.45, 2.75) is 135 Å². The third-order valence-corrected chi connectivity index (χ3v) is 18.2. The van der Waals surface area contributed by atoms with Gasteiger partial charge < -0.3 is 0 Å². The Balaban J connectivity index is 0.00000230. The second-order valence-corrected chi connectivity index (χ2v) is 20.3. The molecule has 2 saturated carbocycles. The van der Waals surface area contributed by atoms with Crippen LogP contribution in [0.5, 0.6) is 0 Å². The molecule has 0 unspecified atom stereocenters. The van der Waals surface area contributed by atoms with Crippen LogP contribution >= 0.6 is 16.8 Å². The third kappa shape index (κ3) is 7.95. The molecule has 0 amide bonds. The molecule has 2 N–H and O–H groups in total. The van der Waals surface area contributed by atoms with Gasteiger partial charge >= 0.3 is 316 Å². The van der Waals surface area contributed by atoms with Crippen molar-refractivity contribution in [3.8, 4) is 22.3 Å². The van der Waals surface area contributed by atoms with Crippen LogP contribution in [0, 0.1) is 0 Å². The molecule has 0 aliphatic heterocycles. The predicted molar refractivity (Wildman–Crippen MR) is 218 cm³/mol. The average Bonchev–Trinajstić information content (AvgIpc) is 3.13. The molecule has 2 aliphatic carbocycles. The predicted octanol–water partition coefficient (Wildman–Crippen LogP) is 13.0. The molecule has 267 valence electrons. The fourth-order valence-electron chi connectivity index (χ4n) is 9.56. The zero-order valence-electron chi connectivity index (χ0n) is 30.8. The Labute approximate surface area is 313 Å². The van der Waals surface area contributed by atoms with Gasteiger partial charge in [-0.25, -0.2) is 0 Å². The topological polar surface area (TPSA) is 26.0 Å². The van der Waals surface area contributed by atoms with Crippen LogP contribution in [0.15, 0.2) is 84.9 Å². The van der Waals surface area contributed by atoms with Crippen molar-refractivity contribution in [3.05, 3.63) is 102 Å². The Morgan fingerprint density at radius 2 is 1.10 bits per heavy atom. The fraction of sp³-hybridized carbons (Fsp3) is 0.467. The molecule has 6 rings (SSSR count). The SMILES string of the molecule is CC(C)c1cc(C(C)C)c(-c2cccc([PH](c3ccccc3-c3ccccc3N)(C3CCCCC3)C3CCCCC3)c2)c(C(C)C)c1.[Cl][Pd]. The van der Waals surface area contributed by atoms with Crippen molar-refractivity contribution in [1.29, 1.82) is 0 Å². The van der Waals surface area contributed by atoms with E-state index in [1.165, 1.54) is 103 Å². The molecule has 4 aromatic carbocycles. The van der Waals surface area contributed by atoms with Gasteiger partial charge in [-0.1, -0.05) is 0 Å². The number of rotatable bonds is 9. The summed E-state index contributed by atoms with van der Waals surface area (Å²) >= 11 is 2.22. The van der Waals surface area contributed by atoms with Gasteiger partial charge in [0, 0.05) is 0 Å². The Kier molecular flexibility index (Phi) is 13.7. The number of hydrogen-bond donors (Lipinski definition) is 1. The average molecular weight is 788 g/mol. The van der Waals surface area contributed by atoms with Crippen LogP contribution in [0.4, 0.5) is 5.69 Å². The molecular formula is C45H60ClNPPd. The number of halogens is 1. The molecule has 49 heavy (non-hydrogen) atoms. The summed E-state index contributed by atoms with van der Waals surface area (Å²) in [4.78, 5) is 0. The first-order valence-corrected chi connectivity index (χ1v) is 23.2. The minimum atomic E-state index is -2.33. The Hall–Kier alpha value is -1.94. The Morgan fingerprint density at radius 3 is 1.61 bits per heavy atom. The van der Waals surface area contributed by atoms with E-state index in [-0.39, 0.29) is 0 Å². The van der Waals surface area contributed by atoms with Crippen LogP contribution in [0.2, 0.25) is 0 Å². The standard InChI is InChI=1S/C45H60NP.ClH.Pd/c1-31(2)35-29-41(32(3)4)45(42(30-35)33(5)6)34-18-17-23-38(28-34)47(36-19-9-7-10-20-36,37-21-11-8-12-22-37)44-27-16-14-25-40(44)39-24-13-15-26-43(39)46;;/h13-18,23-33,36-37,47H,7-12,19-22,46H2,1-6H3;1H;/q;;+1/p-1. The first-order chi connectivity index (χ1) is 23.7. The van der Waals surface area contributed by atoms with Crippen molar-refractivity contribution in [2.24, 2.45) is 0 Å². The summed E-state index contributed by atoms with van der Waals surface area (Å²) in [7, 11) is 2.15. The van der Waals surface area contributed by atoms with Gasteiger partial charge in [-0.05, 0) is 0 Å². The molecule has 0 saturated heterocycles. The van der Waals surface area contributed by atoms with Gasteiger partial charge in [-0.2, -0.15) is 0 Å². The van der Waals surface area contributed by atoms with Crippen LogP contribution in [-0.4, -0.2) is 11.3 Å². The summed E-state index contributed by atoms with van der Waals surface area (Å²) in [5, 5.41) is 3.32. The van der Waals surface area contributed by atoms with Crippen molar-refractivity contribution < 1.29 is 18.2 Å². The zero-order valence-corrected chi connectivity index (χ0v) is 34.1.